The number of rotatable bonds is 4. The van der Waals surface area contributed by atoms with Gasteiger partial charge in [-0.2, -0.15) is 0 Å². The van der Waals surface area contributed by atoms with Crippen LogP contribution in [0.2, 0.25) is 0 Å². The molecule has 0 aliphatic rings. The molecule has 0 aliphatic heterocycles. The molecule has 2 aromatic heterocycles. The van der Waals surface area contributed by atoms with E-state index in [1.54, 1.807) is 18.9 Å². The van der Waals surface area contributed by atoms with E-state index in [0.29, 0.717) is 5.69 Å². The second-order valence-corrected chi connectivity index (χ2v) is 6.09. The highest BCUT2D eigenvalue weighted by Crippen LogP contribution is 2.17. The minimum atomic E-state index is -0.211. The minimum absolute atomic E-state index is 0.211. The fraction of sp³-hybridized carbons (Fsp3) is 0.278. The Kier molecular flexibility index (Phi) is 4.20. The van der Waals surface area contributed by atoms with Gasteiger partial charge in [-0.3, -0.25) is 4.79 Å². The number of nitrogens with zero attached hydrogens (tertiary/aromatic N) is 4. The molecule has 0 saturated carbocycles. The predicted molar refractivity (Wildman–Crippen MR) is 93.6 cm³/mol. The molecule has 0 atom stereocenters. The summed E-state index contributed by atoms with van der Waals surface area (Å²) in [6.45, 7) is 8.10. The second kappa shape index (κ2) is 6.31. The lowest BCUT2D eigenvalue weighted by molar-refractivity contribution is 0.102. The maximum atomic E-state index is 12.3. The molecular formula is C18H21N5O. The van der Waals surface area contributed by atoms with Gasteiger partial charge < -0.3 is 14.5 Å². The van der Waals surface area contributed by atoms with Gasteiger partial charge in [0.25, 0.3) is 5.91 Å². The monoisotopic (exact) mass is 323 g/mol. The highest BCUT2D eigenvalue weighted by atomic mass is 16.1. The van der Waals surface area contributed by atoms with Crippen LogP contribution in [0.15, 0.2) is 43.1 Å². The second-order valence-electron chi connectivity index (χ2n) is 6.09. The van der Waals surface area contributed by atoms with Crippen LogP contribution in [0.1, 0.15) is 41.8 Å². The van der Waals surface area contributed by atoms with Crippen LogP contribution in [-0.2, 0) is 0 Å². The van der Waals surface area contributed by atoms with Gasteiger partial charge in [-0.15, -0.1) is 0 Å². The third-order valence-corrected chi connectivity index (χ3v) is 4.09. The summed E-state index contributed by atoms with van der Waals surface area (Å²) in [7, 11) is 0. The summed E-state index contributed by atoms with van der Waals surface area (Å²) in [6, 6.07) is 7.94. The highest BCUT2D eigenvalue weighted by molar-refractivity contribution is 6.02. The van der Waals surface area contributed by atoms with E-state index < -0.39 is 0 Å². The molecule has 6 nitrogen and oxygen atoms in total. The topological polar surface area (TPSA) is 64.7 Å². The smallest absolute Gasteiger partial charge is 0.275 e. The van der Waals surface area contributed by atoms with Crippen LogP contribution >= 0.6 is 0 Å². The number of hydrogen-bond donors (Lipinski definition) is 1. The molecule has 0 spiro atoms. The first kappa shape index (κ1) is 16.0. The molecule has 1 amide bonds. The maximum Gasteiger partial charge on any atom is 0.275 e. The number of imidazole rings is 2. The minimum Gasteiger partial charge on any atom is -0.334 e. The third kappa shape index (κ3) is 3.08. The van der Waals surface area contributed by atoms with Crippen molar-refractivity contribution in [3.05, 3.63) is 60.2 Å². The van der Waals surface area contributed by atoms with E-state index in [1.807, 2.05) is 61.1 Å². The van der Waals surface area contributed by atoms with Crippen LogP contribution in [0.3, 0.4) is 0 Å². The Labute approximate surface area is 141 Å². The summed E-state index contributed by atoms with van der Waals surface area (Å²) in [5, 5.41) is 2.87. The van der Waals surface area contributed by atoms with Crippen molar-refractivity contribution in [3.8, 4) is 5.69 Å². The fourth-order valence-corrected chi connectivity index (χ4v) is 2.40. The largest absolute Gasteiger partial charge is 0.334 e. The van der Waals surface area contributed by atoms with Gasteiger partial charge in [0.1, 0.15) is 5.69 Å². The molecule has 0 saturated heterocycles. The standard InChI is InChI=1S/C18H21N5O/c1-12(2)22-9-17(20-10-22)18(24)21-15-5-7-16(8-6-15)23-11-19-13(3)14(23)4/h5-12H,1-4H3,(H,21,24). The molecule has 0 aliphatic carbocycles. The van der Waals surface area contributed by atoms with Crippen molar-refractivity contribution >= 4 is 11.6 Å². The zero-order valence-corrected chi connectivity index (χ0v) is 14.3. The maximum absolute atomic E-state index is 12.3. The third-order valence-electron chi connectivity index (χ3n) is 4.09. The van der Waals surface area contributed by atoms with Crippen molar-refractivity contribution in [2.75, 3.05) is 5.32 Å². The molecule has 124 valence electrons. The Bertz CT molecular complexity index is 858. The van der Waals surface area contributed by atoms with E-state index in [0.717, 1.165) is 22.8 Å². The number of aryl methyl sites for hydroxylation is 1. The summed E-state index contributed by atoms with van der Waals surface area (Å²) in [6.07, 6.45) is 5.23. The van der Waals surface area contributed by atoms with Gasteiger partial charge in [0.15, 0.2) is 0 Å². The number of aromatic nitrogens is 4. The lowest BCUT2D eigenvalue weighted by Gasteiger charge is -2.08. The SMILES string of the molecule is Cc1ncn(-c2ccc(NC(=O)c3cn(C(C)C)cn3)cc2)c1C. The Balaban J connectivity index is 1.74. The number of carbonyl (C=O) groups is 1. The molecule has 2 heterocycles. The molecule has 0 unspecified atom stereocenters. The zero-order chi connectivity index (χ0) is 17.3. The summed E-state index contributed by atoms with van der Waals surface area (Å²) in [4.78, 5) is 20.7. The van der Waals surface area contributed by atoms with Gasteiger partial charge in [-0.1, -0.05) is 0 Å². The van der Waals surface area contributed by atoms with Crippen LogP contribution < -0.4 is 5.32 Å². The lowest BCUT2D eigenvalue weighted by Crippen LogP contribution is -2.12. The molecule has 0 fully saturated rings. The number of carbonyl (C=O) groups excluding carboxylic acids is 1. The number of hydrogen-bond acceptors (Lipinski definition) is 3. The van der Waals surface area contributed by atoms with E-state index in [1.165, 1.54) is 0 Å². The van der Waals surface area contributed by atoms with Gasteiger partial charge in [-0.25, -0.2) is 9.97 Å². The summed E-state index contributed by atoms with van der Waals surface area (Å²) in [5.41, 5.74) is 4.26. The van der Waals surface area contributed by atoms with Crippen LogP contribution in [0.5, 0.6) is 0 Å². The number of benzene rings is 1. The van der Waals surface area contributed by atoms with Gasteiger partial charge in [0.05, 0.1) is 18.3 Å². The molecule has 0 bridgehead atoms. The van der Waals surface area contributed by atoms with Crippen LogP contribution in [0, 0.1) is 13.8 Å². The first-order valence-corrected chi connectivity index (χ1v) is 7.91. The number of anilines is 1. The normalized spacial score (nSPS) is 11.0. The summed E-state index contributed by atoms with van der Waals surface area (Å²) >= 11 is 0. The molecule has 1 aromatic carbocycles. The van der Waals surface area contributed by atoms with Gasteiger partial charge in [0, 0.05) is 29.3 Å². The Hall–Kier alpha value is -2.89. The Morgan fingerprint density at radius 2 is 1.79 bits per heavy atom. The molecule has 24 heavy (non-hydrogen) atoms. The van der Waals surface area contributed by atoms with Crippen LogP contribution in [0.4, 0.5) is 5.69 Å². The first-order valence-electron chi connectivity index (χ1n) is 7.91. The van der Waals surface area contributed by atoms with Gasteiger partial charge in [-0.05, 0) is 52.0 Å². The van der Waals surface area contributed by atoms with Crippen molar-refractivity contribution in [3.63, 3.8) is 0 Å². The van der Waals surface area contributed by atoms with Gasteiger partial charge in [0.2, 0.25) is 0 Å². The van der Waals surface area contributed by atoms with E-state index in [2.05, 4.69) is 15.3 Å². The van der Waals surface area contributed by atoms with Crippen molar-refractivity contribution in [2.45, 2.75) is 33.7 Å². The average Bonchev–Trinajstić information content (AvgIpc) is 3.17. The quantitative estimate of drug-likeness (QED) is 0.799. The Morgan fingerprint density at radius 1 is 1.08 bits per heavy atom. The predicted octanol–water partition coefficient (Wildman–Crippen LogP) is 3.52. The molecule has 3 rings (SSSR count). The highest BCUT2D eigenvalue weighted by Gasteiger charge is 2.11. The number of nitrogens with one attached hydrogen (secondary N) is 1. The van der Waals surface area contributed by atoms with Crippen molar-refractivity contribution < 1.29 is 4.79 Å². The molecule has 3 aromatic rings. The van der Waals surface area contributed by atoms with Crippen molar-refractivity contribution in [2.24, 2.45) is 0 Å². The van der Waals surface area contributed by atoms with E-state index in [-0.39, 0.29) is 11.9 Å². The van der Waals surface area contributed by atoms with E-state index in [9.17, 15) is 4.79 Å². The van der Waals surface area contributed by atoms with E-state index in [4.69, 9.17) is 0 Å². The van der Waals surface area contributed by atoms with E-state index >= 15 is 0 Å². The fourth-order valence-electron chi connectivity index (χ4n) is 2.40. The zero-order valence-electron chi connectivity index (χ0n) is 14.3. The van der Waals surface area contributed by atoms with Crippen LogP contribution in [0.25, 0.3) is 5.69 Å². The lowest BCUT2D eigenvalue weighted by atomic mass is 10.2. The van der Waals surface area contributed by atoms with Crippen molar-refractivity contribution in [1.82, 2.24) is 19.1 Å². The van der Waals surface area contributed by atoms with Crippen molar-refractivity contribution in [1.29, 1.82) is 0 Å². The number of amides is 1. The Morgan fingerprint density at radius 3 is 2.33 bits per heavy atom. The molecule has 6 heteroatoms. The average molecular weight is 323 g/mol. The molecule has 0 radical (unpaired) electrons. The molecule has 1 N–H and O–H groups in total. The first-order chi connectivity index (χ1) is 11.5. The summed E-state index contributed by atoms with van der Waals surface area (Å²) in [5.74, 6) is -0.211. The van der Waals surface area contributed by atoms with Gasteiger partial charge >= 0.3 is 0 Å². The van der Waals surface area contributed by atoms with Crippen LogP contribution in [-0.4, -0.2) is 25.0 Å². The molecular weight excluding hydrogens is 302 g/mol. The summed E-state index contributed by atoms with van der Waals surface area (Å²) < 4.78 is 3.92.